The van der Waals surface area contributed by atoms with Crippen molar-refractivity contribution in [1.82, 2.24) is 9.97 Å². The van der Waals surface area contributed by atoms with Gasteiger partial charge in [-0.15, -0.1) is 0 Å². The van der Waals surface area contributed by atoms with E-state index in [9.17, 15) is 4.79 Å². The van der Waals surface area contributed by atoms with Gasteiger partial charge in [0.15, 0.2) is 0 Å². The molecule has 2 heterocycles. The van der Waals surface area contributed by atoms with Gasteiger partial charge in [-0.3, -0.25) is 4.79 Å². The fraction of sp³-hybridized carbons (Fsp3) is 0.261. The van der Waals surface area contributed by atoms with E-state index in [0.717, 1.165) is 43.0 Å². The molecule has 1 N–H and O–H groups in total. The first-order chi connectivity index (χ1) is 14.1. The van der Waals surface area contributed by atoms with Crippen LogP contribution in [-0.4, -0.2) is 42.1 Å². The molecule has 6 nitrogen and oxygen atoms in total. The lowest BCUT2D eigenvalue weighted by molar-refractivity contribution is 0.102. The zero-order chi connectivity index (χ0) is 20.2. The lowest BCUT2D eigenvalue weighted by atomic mass is 10.1. The highest BCUT2D eigenvalue weighted by atomic mass is 16.1. The highest BCUT2D eigenvalue weighted by Gasteiger charge is 2.20. The predicted octanol–water partition coefficient (Wildman–Crippen LogP) is 3.67. The number of benzene rings is 2. The summed E-state index contributed by atoms with van der Waals surface area (Å²) in [6.07, 6.45) is 1.66. The van der Waals surface area contributed by atoms with Crippen LogP contribution in [0.2, 0.25) is 0 Å². The van der Waals surface area contributed by atoms with E-state index in [-0.39, 0.29) is 5.91 Å². The van der Waals surface area contributed by atoms with Gasteiger partial charge >= 0.3 is 0 Å². The van der Waals surface area contributed by atoms with Gasteiger partial charge in [0.25, 0.3) is 5.91 Å². The molecule has 29 heavy (non-hydrogen) atoms. The number of nitrogens with one attached hydrogen (secondary N) is 1. The second kappa shape index (κ2) is 8.31. The molecule has 1 aliphatic rings. The predicted molar refractivity (Wildman–Crippen MR) is 117 cm³/mol. The summed E-state index contributed by atoms with van der Waals surface area (Å²) in [6.45, 7) is 7.45. The molecule has 1 amide bonds. The van der Waals surface area contributed by atoms with Crippen molar-refractivity contribution < 1.29 is 4.79 Å². The minimum Gasteiger partial charge on any atom is -0.368 e. The lowest BCUT2D eigenvalue weighted by Crippen LogP contribution is -2.47. The van der Waals surface area contributed by atoms with Crippen molar-refractivity contribution in [1.29, 1.82) is 0 Å². The summed E-state index contributed by atoms with van der Waals surface area (Å²) in [5.74, 6) is 0.382. The molecule has 0 bridgehead atoms. The highest BCUT2D eigenvalue weighted by molar-refractivity contribution is 6.03. The molecule has 1 aliphatic heterocycles. The van der Waals surface area contributed by atoms with E-state index in [1.807, 2.05) is 32.0 Å². The molecular formula is C23H25N5O. The zero-order valence-corrected chi connectivity index (χ0v) is 16.8. The first-order valence-corrected chi connectivity index (χ1v) is 9.86. The largest absolute Gasteiger partial charge is 0.368 e. The molecule has 1 fully saturated rings. The molecule has 1 saturated heterocycles. The number of rotatable bonds is 4. The van der Waals surface area contributed by atoms with E-state index in [1.54, 1.807) is 12.3 Å². The van der Waals surface area contributed by atoms with Gasteiger partial charge in [0, 0.05) is 43.8 Å². The van der Waals surface area contributed by atoms with E-state index < -0.39 is 0 Å². The summed E-state index contributed by atoms with van der Waals surface area (Å²) in [4.78, 5) is 26.1. The third kappa shape index (κ3) is 4.54. The average molecular weight is 387 g/mol. The summed E-state index contributed by atoms with van der Waals surface area (Å²) >= 11 is 0. The second-order valence-electron chi connectivity index (χ2n) is 7.38. The number of carbonyl (C=O) groups is 1. The Morgan fingerprint density at radius 2 is 1.55 bits per heavy atom. The quantitative estimate of drug-likeness (QED) is 0.740. The molecule has 3 aromatic rings. The van der Waals surface area contributed by atoms with E-state index in [2.05, 4.69) is 55.4 Å². The molecule has 0 radical (unpaired) electrons. The van der Waals surface area contributed by atoms with E-state index in [1.165, 1.54) is 5.69 Å². The Kier molecular flexibility index (Phi) is 5.42. The Balaban J connectivity index is 1.43. The van der Waals surface area contributed by atoms with Gasteiger partial charge in [0.05, 0.1) is 0 Å². The summed E-state index contributed by atoms with van der Waals surface area (Å²) in [5, 5.41) is 2.94. The molecule has 148 valence electrons. The standard InChI is InChI=1S/C23H25N5O/c1-17-14-18(2)16-19(15-17)25-22(29)21-8-9-24-23(26-21)28-12-10-27(11-13-28)20-6-4-3-5-7-20/h3-9,14-16H,10-13H2,1-2H3,(H,25,29). The van der Waals surface area contributed by atoms with Gasteiger partial charge in [-0.2, -0.15) is 0 Å². The van der Waals surface area contributed by atoms with Crippen LogP contribution in [0, 0.1) is 13.8 Å². The van der Waals surface area contributed by atoms with Crippen LogP contribution in [0.4, 0.5) is 17.3 Å². The first kappa shape index (κ1) is 18.9. The fourth-order valence-corrected chi connectivity index (χ4v) is 3.67. The normalized spacial score (nSPS) is 14.0. The Labute approximate surface area is 171 Å². The van der Waals surface area contributed by atoms with Crippen LogP contribution in [-0.2, 0) is 0 Å². The van der Waals surface area contributed by atoms with Gasteiger partial charge in [0.2, 0.25) is 5.95 Å². The Bertz CT molecular complexity index is 977. The average Bonchev–Trinajstić information content (AvgIpc) is 2.74. The van der Waals surface area contributed by atoms with E-state index in [0.29, 0.717) is 11.6 Å². The number of hydrogen-bond donors (Lipinski definition) is 1. The number of aryl methyl sites for hydroxylation is 2. The van der Waals surface area contributed by atoms with Crippen LogP contribution in [0.3, 0.4) is 0 Å². The number of carbonyl (C=O) groups excluding carboxylic acids is 1. The maximum Gasteiger partial charge on any atom is 0.274 e. The molecule has 0 unspecified atom stereocenters. The Morgan fingerprint density at radius 3 is 2.24 bits per heavy atom. The van der Waals surface area contributed by atoms with Gasteiger partial charge < -0.3 is 15.1 Å². The van der Waals surface area contributed by atoms with Crippen molar-refractivity contribution >= 4 is 23.2 Å². The molecular weight excluding hydrogens is 362 g/mol. The number of aromatic nitrogens is 2. The topological polar surface area (TPSA) is 61.4 Å². The molecule has 2 aromatic carbocycles. The molecule has 0 atom stereocenters. The van der Waals surface area contributed by atoms with Crippen LogP contribution in [0.1, 0.15) is 21.6 Å². The van der Waals surface area contributed by atoms with Crippen LogP contribution < -0.4 is 15.1 Å². The fourth-order valence-electron chi connectivity index (χ4n) is 3.67. The molecule has 0 aliphatic carbocycles. The molecule has 0 saturated carbocycles. The summed E-state index contributed by atoms with van der Waals surface area (Å²) < 4.78 is 0. The van der Waals surface area contributed by atoms with Crippen LogP contribution >= 0.6 is 0 Å². The number of para-hydroxylation sites is 1. The minimum absolute atomic E-state index is 0.221. The van der Waals surface area contributed by atoms with Crippen molar-refractivity contribution in [2.24, 2.45) is 0 Å². The Morgan fingerprint density at radius 1 is 0.897 bits per heavy atom. The monoisotopic (exact) mass is 387 g/mol. The van der Waals surface area contributed by atoms with Gasteiger partial charge in [0.1, 0.15) is 5.69 Å². The van der Waals surface area contributed by atoms with E-state index in [4.69, 9.17) is 0 Å². The second-order valence-corrected chi connectivity index (χ2v) is 7.38. The van der Waals surface area contributed by atoms with Gasteiger partial charge in [-0.05, 0) is 55.3 Å². The van der Waals surface area contributed by atoms with Crippen molar-refractivity contribution in [3.63, 3.8) is 0 Å². The van der Waals surface area contributed by atoms with Crippen LogP contribution in [0.25, 0.3) is 0 Å². The summed E-state index contributed by atoms with van der Waals surface area (Å²) in [7, 11) is 0. The lowest BCUT2D eigenvalue weighted by Gasteiger charge is -2.36. The van der Waals surface area contributed by atoms with Crippen molar-refractivity contribution in [2.75, 3.05) is 41.3 Å². The maximum absolute atomic E-state index is 12.7. The third-order valence-electron chi connectivity index (χ3n) is 5.04. The van der Waals surface area contributed by atoms with Crippen LogP contribution in [0.5, 0.6) is 0 Å². The molecule has 0 spiro atoms. The maximum atomic E-state index is 12.7. The number of amides is 1. The number of piperazine rings is 1. The zero-order valence-electron chi connectivity index (χ0n) is 16.8. The van der Waals surface area contributed by atoms with Crippen LogP contribution in [0.15, 0.2) is 60.8 Å². The number of hydrogen-bond acceptors (Lipinski definition) is 5. The third-order valence-corrected chi connectivity index (χ3v) is 5.04. The Hall–Kier alpha value is -3.41. The molecule has 1 aromatic heterocycles. The van der Waals surface area contributed by atoms with E-state index >= 15 is 0 Å². The first-order valence-electron chi connectivity index (χ1n) is 9.86. The SMILES string of the molecule is Cc1cc(C)cc(NC(=O)c2ccnc(N3CCN(c4ccccc4)CC3)n2)c1. The number of anilines is 3. The highest BCUT2D eigenvalue weighted by Crippen LogP contribution is 2.19. The van der Waals surface area contributed by atoms with Crippen molar-refractivity contribution in [3.05, 3.63) is 77.6 Å². The van der Waals surface area contributed by atoms with Gasteiger partial charge in [-0.1, -0.05) is 24.3 Å². The van der Waals surface area contributed by atoms with Crippen molar-refractivity contribution in [3.8, 4) is 0 Å². The smallest absolute Gasteiger partial charge is 0.274 e. The number of nitrogens with zero attached hydrogens (tertiary/aromatic N) is 4. The van der Waals surface area contributed by atoms with Crippen molar-refractivity contribution in [2.45, 2.75) is 13.8 Å². The molecule has 6 heteroatoms. The summed E-state index contributed by atoms with van der Waals surface area (Å²) in [6, 6.07) is 18.0. The minimum atomic E-state index is -0.221. The summed E-state index contributed by atoms with van der Waals surface area (Å²) in [5.41, 5.74) is 4.61. The van der Waals surface area contributed by atoms with Gasteiger partial charge in [-0.25, -0.2) is 9.97 Å². The molecule has 4 rings (SSSR count).